The van der Waals surface area contributed by atoms with E-state index < -0.39 is 4.92 Å². The van der Waals surface area contributed by atoms with Crippen LogP contribution >= 0.6 is 11.6 Å². The minimum atomic E-state index is -0.486. The van der Waals surface area contributed by atoms with Gasteiger partial charge in [0.05, 0.1) is 23.0 Å². The fourth-order valence-electron chi connectivity index (χ4n) is 1.66. The molecule has 0 unspecified atom stereocenters. The van der Waals surface area contributed by atoms with Crippen LogP contribution in [0.15, 0.2) is 18.2 Å². The Kier molecular flexibility index (Phi) is 6.41. The summed E-state index contributed by atoms with van der Waals surface area (Å²) in [6.07, 6.45) is 0.301. The third-order valence-corrected chi connectivity index (χ3v) is 3.04. The van der Waals surface area contributed by atoms with E-state index in [-0.39, 0.29) is 11.7 Å². The maximum atomic E-state index is 11.2. The normalized spacial score (nSPS) is 10.6. The van der Waals surface area contributed by atoms with E-state index >= 15 is 0 Å². The first kappa shape index (κ1) is 16.4. The maximum absolute atomic E-state index is 11.2. The molecule has 0 fully saturated rings. The lowest BCUT2D eigenvalue weighted by Crippen LogP contribution is -2.22. The number of halogens is 1. The van der Waals surface area contributed by atoms with Crippen molar-refractivity contribution in [2.24, 2.45) is 0 Å². The molecule has 7 heteroatoms. The summed E-state index contributed by atoms with van der Waals surface area (Å²) in [5.41, 5.74) is 0.747. The number of ether oxygens (including phenoxy) is 1. The summed E-state index contributed by atoms with van der Waals surface area (Å²) in [6.45, 7) is 3.18. The van der Waals surface area contributed by atoms with Crippen molar-refractivity contribution in [2.45, 2.75) is 19.9 Å². The molecule has 0 aliphatic heterocycles. The molecule has 0 bridgehead atoms. The SMILES string of the molecule is CCOC(=O)CCN(C)Cc1ccc([N+](=O)[O-])cc1Cl. The summed E-state index contributed by atoms with van der Waals surface area (Å²) in [7, 11) is 1.84. The Labute approximate surface area is 122 Å². The third-order valence-electron chi connectivity index (χ3n) is 2.69. The molecule has 0 amide bonds. The van der Waals surface area contributed by atoms with E-state index in [1.54, 1.807) is 13.0 Å². The number of carbonyl (C=O) groups excluding carboxylic acids is 1. The van der Waals surface area contributed by atoms with E-state index in [4.69, 9.17) is 16.3 Å². The maximum Gasteiger partial charge on any atom is 0.307 e. The molecule has 6 nitrogen and oxygen atoms in total. The molecule has 0 atom stereocenters. The highest BCUT2D eigenvalue weighted by Gasteiger charge is 2.11. The van der Waals surface area contributed by atoms with Crippen LogP contribution in [0.4, 0.5) is 5.69 Å². The molecule has 0 aliphatic rings. The number of hydrogen-bond acceptors (Lipinski definition) is 5. The molecule has 1 aromatic rings. The molecule has 0 aromatic heterocycles. The smallest absolute Gasteiger partial charge is 0.307 e. The van der Waals surface area contributed by atoms with Gasteiger partial charge in [-0.25, -0.2) is 0 Å². The molecule has 0 saturated heterocycles. The Morgan fingerprint density at radius 1 is 1.50 bits per heavy atom. The van der Waals surface area contributed by atoms with Gasteiger partial charge in [0, 0.05) is 25.2 Å². The highest BCUT2D eigenvalue weighted by molar-refractivity contribution is 6.31. The average Bonchev–Trinajstić information content (AvgIpc) is 2.39. The first-order chi connectivity index (χ1) is 9.43. The summed E-state index contributed by atoms with van der Waals surface area (Å²) >= 11 is 6.01. The molecule has 110 valence electrons. The number of carbonyl (C=O) groups is 1. The van der Waals surface area contributed by atoms with Crippen LogP contribution in [0, 0.1) is 10.1 Å². The number of nitro benzene ring substituents is 1. The van der Waals surface area contributed by atoms with Crippen LogP contribution in [0.2, 0.25) is 5.02 Å². The average molecular weight is 301 g/mol. The number of esters is 1. The number of benzene rings is 1. The van der Waals surface area contributed by atoms with Crippen molar-refractivity contribution in [3.8, 4) is 0 Å². The molecular weight excluding hydrogens is 284 g/mol. The predicted octanol–water partition coefficient (Wildman–Crippen LogP) is 2.63. The van der Waals surface area contributed by atoms with Crippen LogP contribution in [0.25, 0.3) is 0 Å². The number of hydrogen-bond donors (Lipinski definition) is 0. The Morgan fingerprint density at radius 3 is 2.75 bits per heavy atom. The van der Waals surface area contributed by atoms with Gasteiger partial charge in [0.15, 0.2) is 0 Å². The Hall–Kier alpha value is -1.66. The zero-order valence-electron chi connectivity index (χ0n) is 11.5. The lowest BCUT2D eigenvalue weighted by atomic mass is 10.2. The topological polar surface area (TPSA) is 72.7 Å². The number of nitrogens with zero attached hydrogens (tertiary/aromatic N) is 2. The van der Waals surface area contributed by atoms with Crippen LogP contribution in [0.5, 0.6) is 0 Å². The van der Waals surface area contributed by atoms with Gasteiger partial charge in [-0.2, -0.15) is 0 Å². The van der Waals surface area contributed by atoms with Crippen LogP contribution in [0.3, 0.4) is 0 Å². The lowest BCUT2D eigenvalue weighted by Gasteiger charge is -2.16. The van der Waals surface area contributed by atoms with E-state index in [2.05, 4.69) is 0 Å². The molecule has 0 saturated carbocycles. The summed E-state index contributed by atoms with van der Waals surface area (Å²) in [5.74, 6) is -0.242. The van der Waals surface area contributed by atoms with Crippen molar-refractivity contribution >= 4 is 23.3 Å². The molecule has 0 spiro atoms. The second-order valence-electron chi connectivity index (χ2n) is 4.33. The molecule has 1 aromatic carbocycles. The Morgan fingerprint density at radius 2 is 2.20 bits per heavy atom. The fourth-order valence-corrected chi connectivity index (χ4v) is 1.90. The van der Waals surface area contributed by atoms with Gasteiger partial charge >= 0.3 is 5.97 Å². The van der Waals surface area contributed by atoms with E-state index in [1.165, 1.54) is 12.1 Å². The molecule has 0 heterocycles. The van der Waals surface area contributed by atoms with Gasteiger partial charge in [-0.3, -0.25) is 14.9 Å². The number of rotatable bonds is 7. The summed E-state index contributed by atoms with van der Waals surface area (Å²) < 4.78 is 4.84. The zero-order valence-corrected chi connectivity index (χ0v) is 12.2. The molecule has 0 N–H and O–H groups in total. The van der Waals surface area contributed by atoms with Crippen LogP contribution in [-0.4, -0.2) is 36.0 Å². The van der Waals surface area contributed by atoms with E-state index in [9.17, 15) is 14.9 Å². The predicted molar refractivity (Wildman–Crippen MR) is 75.7 cm³/mol. The van der Waals surface area contributed by atoms with Gasteiger partial charge < -0.3 is 9.64 Å². The monoisotopic (exact) mass is 300 g/mol. The summed E-state index contributed by atoms with van der Waals surface area (Å²) in [4.78, 5) is 23.3. The molecular formula is C13H17ClN2O4. The molecule has 0 aliphatic carbocycles. The van der Waals surface area contributed by atoms with Gasteiger partial charge in [-0.05, 0) is 25.6 Å². The van der Waals surface area contributed by atoms with Crippen molar-refractivity contribution in [1.29, 1.82) is 0 Å². The van der Waals surface area contributed by atoms with Crippen LogP contribution in [-0.2, 0) is 16.1 Å². The minimum Gasteiger partial charge on any atom is -0.466 e. The van der Waals surface area contributed by atoms with E-state index in [0.29, 0.717) is 31.1 Å². The highest BCUT2D eigenvalue weighted by Crippen LogP contribution is 2.23. The standard InChI is InChI=1S/C13H17ClN2O4/c1-3-20-13(17)6-7-15(2)9-10-4-5-11(16(18)19)8-12(10)14/h4-5,8H,3,6-7,9H2,1-2H3. The second-order valence-corrected chi connectivity index (χ2v) is 4.73. The van der Waals surface area contributed by atoms with Gasteiger partial charge in [0.2, 0.25) is 0 Å². The number of nitro groups is 1. The van der Waals surface area contributed by atoms with Gasteiger partial charge in [-0.1, -0.05) is 11.6 Å². The van der Waals surface area contributed by atoms with Gasteiger partial charge in [0.25, 0.3) is 5.69 Å². The van der Waals surface area contributed by atoms with E-state index in [1.807, 2.05) is 11.9 Å². The Balaban J connectivity index is 2.55. The van der Waals surface area contributed by atoms with Crippen molar-refractivity contribution in [2.75, 3.05) is 20.2 Å². The highest BCUT2D eigenvalue weighted by atomic mass is 35.5. The lowest BCUT2D eigenvalue weighted by molar-refractivity contribution is -0.384. The van der Waals surface area contributed by atoms with Gasteiger partial charge in [0.1, 0.15) is 0 Å². The Bertz CT molecular complexity index is 493. The second kappa shape index (κ2) is 7.81. The summed E-state index contributed by atoms with van der Waals surface area (Å²) in [6, 6.07) is 4.37. The van der Waals surface area contributed by atoms with Crippen molar-refractivity contribution in [3.63, 3.8) is 0 Å². The zero-order chi connectivity index (χ0) is 15.1. The molecule has 1 rings (SSSR count). The third kappa shape index (κ3) is 5.14. The van der Waals surface area contributed by atoms with Crippen molar-refractivity contribution < 1.29 is 14.5 Å². The quantitative estimate of drug-likeness (QED) is 0.440. The van der Waals surface area contributed by atoms with Gasteiger partial charge in [-0.15, -0.1) is 0 Å². The first-order valence-corrected chi connectivity index (χ1v) is 6.58. The fraction of sp³-hybridized carbons (Fsp3) is 0.462. The van der Waals surface area contributed by atoms with Crippen molar-refractivity contribution in [1.82, 2.24) is 4.90 Å². The first-order valence-electron chi connectivity index (χ1n) is 6.21. The van der Waals surface area contributed by atoms with Crippen molar-refractivity contribution in [3.05, 3.63) is 38.9 Å². The van der Waals surface area contributed by atoms with Crippen LogP contribution in [0.1, 0.15) is 18.9 Å². The van der Waals surface area contributed by atoms with E-state index in [0.717, 1.165) is 5.56 Å². The minimum absolute atomic E-state index is 0.0343. The molecule has 0 radical (unpaired) electrons. The summed E-state index contributed by atoms with van der Waals surface area (Å²) in [5, 5.41) is 11.0. The molecule has 20 heavy (non-hydrogen) atoms. The largest absolute Gasteiger partial charge is 0.466 e. The number of non-ortho nitro benzene ring substituents is 1. The van der Waals surface area contributed by atoms with Crippen LogP contribution < -0.4 is 0 Å².